The van der Waals surface area contributed by atoms with Gasteiger partial charge < -0.3 is 5.11 Å². The van der Waals surface area contributed by atoms with Crippen LogP contribution in [0.5, 0.6) is 5.75 Å². The highest BCUT2D eigenvalue weighted by Crippen LogP contribution is 2.30. The van der Waals surface area contributed by atoms with E-state index < -0.39 is 0 Å². The Balaban J connectivity index is 1.63. The molecule has 2 aromatic heterocycles. The third kappa shape index (κ3) is 2.75. The van der Waals surface area contributed by atoms with E-state index in [1.165, 1.54) is 15.6 Å². The van der Waals surface area contributed by atoms with Crippen LogP contribution in [0.2, 0.25) is 0 Å². The van der Waals surface area contributed by atoms with Gasteiger partial charge in [-0.15, -0.1) is 11.3 Å². The van der Waals surface area contributed by atoms with E-state index >= 15 is 0 Å². The highest BCUT2D eigenvalue weighted by atomic mass is 32.1. The lowest BCUT2D eigenvalue weighted by molar-refractivity contribution is 0.315. The van der Waals surface area contributed by atoms with Gasteiger partial charge in [-0.25, -0.2) is 0 Å². The molecule has 0 aliphatic carbocycles. The maximum absolute atomic E-state index is 10.3. The number of rotatable bonds is 4. The zero-order chi connectivity index (χ0) is 16.5. The van der Waals surface area contributed by atoms with Crippen LogP contribution in [-0.2, 0) is 13.1 Å². The molecule has 0 spiro atoms. The van der Waals surface area contributed by atoms with Gasteiger partial charge in [0.2, 0.25) is 0 Å². The first-order chi connectivity index (χ1) is 11.7. The fraction of sp³-hybridized carbons (Fsp3) is 0.150. The summed E-state index contributed by atoms with van der Waals surface area (Å²) < 4.78 is 1.32. The summed E-state index contributed by atoms with van der Waals surface area (Å²) in [5.74, 6) is 0.331. The van der Waals surface area contributed by atoms with Crippen molar-refractivity contribution in [2.24, 2.45) is 0 Å². The number of hydrogen-bond acceptors (Lipinski definition) is 4. The Morgan fingerprint density at radius 3 is 2.83 bits per heavy atom. The fourth-order valence-corrected chi connectivity index (χ4v) is 4.10. The van der Waals surface area contributed by atoms with E-state index in [-0.39, 0.29) is 0 Å². The number of hydrogen-bond donors (Lipinski definition) is 1. The van der Waals surface area contributed by atoms with Crippen LogP contribution in [0.3, 0.4) is 0 Å². The largest absolute Gasteiger partial charge is 0.508 e. The average molecular weight is 334 g/mol. The van der Waals surface area contributed by atoms with E-state index in [1.54, 1.807) is 23.6 Å². The van der Waals surface area contributed by atoms with Gasteiger partial charge >= 0.3 is 0 Å². The SMILES string of the molecule is CN(Cc1c(O)ccc2ccncc12)Cc1csc2ccccc12. The van der Waals surface area contributed by atoms with Gasteiger partial charge in [0.05, 0.1) is 0 Å². The Morgan fingerprint density at radius 2 is 1.92 bits per heavy atom. The van der Waals surface area contributed by atoms with Crippen molar-refractivity contribution in [3.63, 3.8) is 0 Å². The average Bonchev–Trinajstić information content (AvgIpc) is 3.01. The number of pyridine rings is 1. The molecule has 0 saturated heterocycles. The molecule has 0 aliphatic rings. The van der Waals surface area contributed by atoms with Gasteiger partial charge in [0.15, 0.2) is 0 Å². The molecule has 4 aromatic rings. The Bertz CT molecular complexity index is 1010. The number of fused-ring (bicyclic) bond motifs is 2. The van der Waals surface area contributed by atoms with Crippen molar-refractivity contribution < 1.29 is 5.11 Å². The summed E-state index contributed by atoms with van der Waals surface area (Å²) in [5.41, 5.74) is 2.26. The lowest BCUT2D eigenvalue weighted by Gasteiger charge is -2.18. The maximum atomic E-state index is 10.3. The van der Waals surface area contributed by atoms with Crippen molar-refractivity contribution >= 4 is 32.2 Å². The van der Waals surface area contributed by atoms with Crippen LogP contribution in [-0.4, -0.2) is 22.0 Å². The van der Waals surface area contributed by atoms with Gasteiger partial charge in [0.25, 0.3) is 0 Å². The highest BCUT2D eigenvalue weighted by Gasteiger charge is 2.12. The Labute approximate surface area is 144 Å². The molecule has 0 atom stereocenters. The summed E-state index contributed by atoms with van der Waals surface area (Å²) in [6.45, 7) is 1.53. The molecule has 3 nitrogen and oxygen atoms in total. The van der Waals surface area contributed by atoms with Crippen molar-refractivity contribution in [3.8, 4) is 5.75 Å². The summed E-state index contributed by atoms with van der Waals surface area (Å²) in [7, 11) is 2.08. The molecule has 2 heterocycles. The molecule has 0 unspecified atom stereocenters. The molecule has 1 N–H and O–H groups in total. The highest BCUT2D eigenvalue weighted by molar-refractivity contribution is 7.17. The third-order valence-corrected chi connectivity index (χ3v) is 5.35. The van der Waals surface area contributed by atoms with Crippen LogP contribution in [0.15, 0.2) is 60.2 Å². The van der Waals surface area contributed by atoms with Crippen molar-refractivity contribution in [2.75, 3.05) is 7.05 Å². The number of aromatic hydroxyl groups is 1. The number of nitrogens with zero attached hydrogens (tertiary/aromatic N) is 2. The first kappa shape index (κ1) is 15.1. The van der Waals surface area contributed by atoms with Crippen LogP contribution >= 0.6 is 11.3 Å². The molecular weight excluding hydrogens is 316 g/mol. The van der Waals surface area contributed by atoms with Crippen LogP contribution in [0, 0.1) is 0 Å². The van der Waals surface area contributed by atoms with Crippen LogP contribution < -0.4 is 0 Å². The molecule has 24 heavy (non-hydrogen) atoms. The molecule has 2 aromatic carbocycles. The predicted molar refractivity (Wildman–Crippen MR) is 100 cm³/mol. The van der Waals surface area contributed by atoms with E-state index in [4.69, 9.17) is 0 Å². The molecule has 0 saturated carbocycles. The Kier molecular flexibility index (Phi) is 3.92. The molecule has 4 heteroatoms. The summed E-state index contributed by atoms with van der Waals surface area (Å²) >= 11 is 1.78. The summed E-state index contributed by atoms with van der Waals surface area (Å²) in [6, 6.07) is 14.2. The molecule has 0 bridgehead atoms. The van der Waals surface area contributed by atoms with Crippen molar-refractivity contribution in [3.05, 3.63) is 71.4 Å². The third-order valence-electron chi connectivity index (χ3n) is 4.34. The Morgan fingerprint density at radius 1 is 1.04 bits per heavy atom. The number of aromatic nitrogens is 1. The smallest absolute Gasteiger partial charge is 0.120 e. The number of thiophene rings is 1. The minimum Gasteiger partial charge on any atom is -0.508 e. The molecule has 4 rings (SSSR count). The van der Waals surface area contributed by atoms with Crippen molar-refractivity contribution in [2.45, 2.75) is 13.1 Å². The molecule has 0 aliphatic heterocycles. The van der Waals surface area contributed by atoms with Crippen molar-refractivity contribution in [1.29, 1.82) is 0 Å². The van der Waals surface area contributed by atoms with E-state index in [2.05, 4.69) is 46.6 Å². The molecule has 120 valence electrons. The van der Waals surface area contributed by atoms with E-state index in [1.807, 2.05) is 18.3 Å². The predicted octanol–water partition coefficient (Wildman–Crippen LogP) is 4.79. The Hall–Kier alpha value is -2.43. The first-order valence-electron chi connectivity index (χ1n) is 7.90. The second-order valence-corrected chi connectivity index (χ2v) is 7.00. The van der Waals surface area contributed by atoms with E-state index in [0.29, 0.717) is 12.3 Å². The number of benzene rings is 2. The zero-order valence-electron chi connectivity index (χ0n) is 13.4. The van der Waals surface area contributed by atoms with Gasteiger partial charge in [-0.1, -0.05) is 24.3 Å². The lowest BCUT2D eigenvalue weighted by Crippen LogP contribution is -2.17. The molecular formula is C20H18N2OS. The monoisotopic (exact) mass is 334 g/mol. The summed E-state index contributed by atoms with van der Waals surface area (Å²) in [5, 5.41) is 16.0. The fourth-order valence-electron chi connectivity index (χ4n) is 3.15. The minimum atomic E-state index is 0.331. The van der Waals surface area contributed by atoms with Gasteiger partial charge in [-0.3, -0.25) is 9.88 Å². The lowest BCUT2D eigenvalue weighted by atomic mass is 10.0. The summed E-state index contributed by atoms with van der Waals surface area (Å²) in [4.78, 5) is 6.44. The topological polar surface area (TPSA) is 36.4 Å². The van der Waals surface area contributed by atoms with Crippen LogP contribution in [0.25, 0.3) is 20.9 Å². The van der Waals surface area contributed by atoms with Gasteiger partial charge in [-0.05, 0) is 47.0 Å². The minimum absolute atomic E-state index is 0.331. The standard InChI is InChI=1S/C20H18N2OS/c1-22(11-15-13-24-20-5-3-2-4-16(15)20)12-18-17-10-21-9-8-14(17)6-7-19(18)23/h2-10,13,23H,11-12H2,1H3. The van der Waals surface area contributed by atoms with Gasteiger partial charge in [-0.2, -0.15) is 0 Å². The van der Waals surface area contributed by atoms with Crippen molar-refractivity contribution in [1.82, 2.24) is 9.88 Å². The van der Waals surface area contributed by atoms with Crippen LogP contribution in [0.4, 0.5) is 0 Å². The molecule has 0 radical (unpaired) electrons. The van der Waals surface area contributed by atoms with Gasteiger partial charge in [0, 0.05) is 41.1 Å². The van der Waals surface area contributed by atoms with E-state index in [0.717, 1.165) is 22.9 Å². The normalized spacial score (nSPS) is 11.6. The van der Waals surface area contributed by atoms with E-state index in [9.17, 15) is 5.11 Å². The first-order valence-corrected chi connectivity index (χ1v) is 8.78. The quantitative estimate of drug-likeness (QED) is 0.583. The maximum Gasteiger partial charge on any atom is 0.120 e. The number of phenols is 1. The molecule has 0 amide bonds. The second-order valence-electron chi connectivity index (χ2n) is 6.09. The molecule has 0 fully saturated rings. The summed E-state index contributed by atoms with van der Waals surface area (Å²) in [6.07, 6.45) is 3.61. The number of phenolic OH excluding ortho intramolecular Hbond substituents is 1. The zero-order valence-corrected chi connectivity index (χ0v) is 14.3. The van der Waals surface area contributed by atoms with Gasteiger partial charge in [0.1, 0.15) is 5.75 Å². The van der Waals surface area contributed by atoms with Crippen LogP contribution in [0.1, 0.15) is 11.1 Å². The second kappa shape index (κ2) is 6.23.